The number of benzene rings is 2. The summed E-state index contributed by atoms with van der Waals surface area (Å²) in [4.78, 5) is 19.8. The molecular formula is C24H30BrCl2N3O2. The summed E-state index contributed by atoms with van der Waals surface area (Å²) in [5.41, 5.74) is 1.98. The highest BCUT2D eigenvalue weighted by atomic mass is 79.9. The Balaban J connectivity index is 1.79. The fourth-order valence-electron chi connectivity index (χ4n) is 3.98. The van der Waals surface area contributed by atoms with E-state index in [0.29, 0.717) is 23.2 Å². The van der Waals surface area contributed by atoms with E-state index in [1.807, 2.05) is 35.0 Å². The third-order valence-electron chi connectivity index (χ3n) is 5.91. The molecule has 2 aromatic carbocycles. The van der Waals surface area contributed by atoms with Crippen molar-refractivity contribution in [2.45, 2.75) is 18.9 Å². The van der Waals surface area contributed by atoms with Crippen LogP contribution >= 0.6 is 39.1 Å². The number of methoxy groups -OCH3 is 1. The summed E-state index contributed by atoms with van der Waals surface area (Å²) in [6.45, 7) is 4.29. The highest BCUT2D eigenvalue weighted by Crippen LogP contribution is 2.28. The van der Waals surface area contributed by atoms with Gasteiger partial charge < -0.3 is 19.4 Å². The molecule has 1 atom stereocenters. The normalized spacial score (nSPS) is 15.0. The summed E-state index contributed by atoms with van der Waals surface area (Å²) < 4.78 is 6.30. The molecule has 1 aliphatic rings. The molecule has 174 valence electrons. The van der Waals surface area contributed by atoms with Crippen molar-refractivity contribution in [2.24, 2.45) is 0 Å². The second kappa shape index (κ2) is 12.2. The maximum Gasteiger partial charge on any atom is 0.242 e. The molecule has 1 heterocycles. The average Bonchev–Trinajstić information content (AvgIpc) is 3.30. The topological polar surface area (TPSA) is 36.0 Å². The molecule has 0 bridgehead atoms. The number of amides is 1. The Bertz CT molecular complexity index is 891. The van der Waals surface area contributed by atoms with E-state index in [0.717, 1.165) is 35.4 Å². The van der Waals surface area contributed by atoms with Crippen molar-refractivity contribution >= 4 is 50.7 Å². The molecule has 0 saturated carbocycles. The van der Waals surface area contributed by atoms with Gasteiger partial charge in [0, 0.05) is 37.4 Å². The molecule has 2 aromatic rings. The number of rotatable bonds is 10. The van der Waals surface area contributed by atoms with Crippen molar-refractivity contribution in [3.05, 3.63) is 62.5 Å². The van der Waals surface area contributed by atoms with Gasteiger partial charge in [-0.15, -0.1) is 0 Å². The summed E-state index contributed by atoms with van der Waals surface area (Å²) in [6.07, 6.45) is 2.43. The summed E-state index contributed by atoms with van der Waals surface area (Å²) >= 11 is 15.8. The first-order chi connectivity index (χ1) is 15.4. The Labute approximate surface area is 209 Å². The molecule has 1 fully saturated rings. The molecule has 8 heteroatoms. The molecule has 0 aliphatic carbocycles. The first-order valence-corrected chi connectivity index (χ1v) is 12.4. The molecule has 0 N–H and O–H groups in total. The lowest BCUT2D eigenvalue weighted by atomic mass is 10.0. The van der Waals surface area contributed by atoms with Crippen molar-refractivity contribution in [2.75, 3.05) is 58.4 Å². The van der Waals surface area contributed by atoms with Gasteiger partial charge in [0.15, 0.2) is 0 Å². The van der Waals surface area contributed by atoms with Crippen LogP contribution in [0.3, 0.4) is 0 Å². The summed E-state index contributed by atoms with van der Waals surface area (Å²) in [5.74, 6) is 0.0410. The second-order valence-electron chi connectivity index (χ2n) is 8.09. The zero-order valence-corrected chi connectivity index (χ0v) is 21.7. The number of hydrogen-bond donors (Lipinski definition) is 0. The Morgan fingerprint density at radius 1 is 1.12 bits per heavy atom. The lowest BCUT2D eigenvalue weighted by Crippen LogP contribution is -2.44. The summed E-state index contributed by atoms with van der Waals surface area (Å²) in [6, 6.07) is 13.7. The van der Waals surface area contributed by atoms with Crippen LogP contribution in [-0.4, -0.2) is 69.2 Å². The van der Waals surface area contributed by atoms with Gasteiger partial charge in [-0.1, -0.05) is 51.3 Å². The highest BCUT2D eigenvalue weighted by molar-refractivity contribution is 9.10. The Kier molecular flexibility index (Phi) is 9.68. The fourth-order valence-corrected chi connectivity index (χ4v) is 4.53. The SMILES string of the molecule is COCCN(CC(=O)N(C)C(CN1CCCC1)c1ccc(Br)cc1)c1ccc(Cl)c(Cl)c1. The number of anilines is 1. The molecule has 32 heavy (non-hydrogen) atoms. The predicted molar refractivity (Wildman–Crippen MR) is 136 cm³/mol. The van der Waals surface area contributed by atoms with Gasteiger partial charge in [0.25, 0.3) is 0 Å². The highest BCUT2D eigenvalue weighted by Gasteiger charge is 2.27. The first-order valence-electron chi connectivity index (χ1n) is 10.8. The maximum absolute atomic E-state index is 13.5. The number of likely N-dealkylation sites (N-methyl/N-ethyl adjacent to an activating group) is 1. The third-order valence-corrected chi connectivity index (χ3v) is 7.17. The standard InChI is InChI=1S/C24H30BrCl2N3O2/c1-28(23(16-29-11-3-4-12-29)18-5-7-19(25)8-6-18)24(31)17-30(13-14-32-2)20-9-10-21(26)22(27)15-20/h5-10,15,23H,3-4,11-14,16-17H2,1-2H3. The summed E-state index contributed by atoms with van der Waals surface area (Å²) in [7, 11) is 3.55. The Hall–Kier alpha value is -1.31. The minimum Gasteiger partial charge on any atom is -0.383 e. The molecular weight excluding hydrogens is 513 g/mol. The third kappa shape index (κ3) is 6.84. The predicted octanol–water partition coefficient (Wildman–Crippen LogP) is 5.50. The first kappa shape index (κ1) is 25.3. The number of halogens is 3. The van der Waals surface area contributed by atoms with E-state index in [2.05, 4.69) is 33.0 Å². The average molecular weight is 543 g/mol. The van der Waals surface area contributed by atoms with Crippen LogP contribution in [-0.2, 0) is 9.53 Å². The Morgan fingerprint density at radius 2 is 1.81 bits per heavy atom. The van der Waals surface area contributed by atoms with Crippen molar-refractivity contribution < 1.29 is 9.53 Å². The van der Waals surface area contributed by atoms with E-state index in [1.54, 1.807) is 19.2 Å². The van der Waals surface area contributed by atoms with Crippen LogP contribution in [0.1, 0.15) is 24.4 Å². The molecule has 0 radical (unpaired) electrons. The number of ether oxygens (including phenoxy) is 1. The molecule has 1 unspecified atom stereocenters. The van der Waals surface area contributed by atoms with Gasteiger partial charge in [0.05, 0.1) is 29.2 Å². The molecule has 1 aliphatic heterocycles. The number of nitrogens with zero attached hydrogens (tertiary/aromatic N) is 3. The van der Waals surface area contributed by atoms with E-state index in [-0.39, 0.29) is 18.5 Å². The van der Waals surface area contributed by atoms with Gasteiger partial charge in [0.2, 0.25) is 5.91 Å². The maximum atomic E-state index is 13.5. The zero-order chi connectivity index (χ0) is 23.1. The molecule has 0 aromatic heterocycles. The molecule has 1 amide bonds. The van der Waals surface area contributed by atoms with Crippen LogP contribution in [0.15, 0.2) is 46.9 Å². The van der Waals surface area contributed by atoms with Gasteiger partial charge in [-0.2, -0.15) is 0 Å². The van der Waals surface area contributed by atoms with Crippen molar-refractivity contribution in [3.8, 4) is 0 Å². The largest absolute Gasteiger partial charge is 0.383 e. The molecule has 3 rings (SSSR count). The number of carbonyl (C=O) groups is 1. The lowest BCUT2D eigenvalue weighted by molar-refractivity contribution is -0.131. The van der Waals surface area contributed by atoms with Crippen LogP contribution < -0.4 is 4.90 Å². The number of hydrogen-bond acceptors (Lipinski definition) is 4. The van der Waals surface area contributed by atoms with Gasteiger partial charge in [-0.05, 0) is 61.8 Å². The van der Waals surface area contributed by atoms with Crippen LogP contribution in [0.5, 0.6) is 0 Å². The van der Waals surface area contributed by atoms with Crippen molar-refractivity contribution in [1.82, 2.24) is 9.80 Å². The van der Waals surface area contributed by atoms with E-state index >= 15 is 0 Å². The summed E-state index contributed by atoms with van der Waals surface area (Å²) in [5, 5.41) is 0.959. The van der Waals surface area contributed by atoms with E-state index in [4.69, 9.17) is 27.9 Å². The monoisotopic (exact) mass is 541 g/mol. The van der Waals surface area contributed by atoms with E-state index in [9.17, 15) is 4.79 Å². The second-order valence-corrected chi connectivity index (χ2v) is 9.82. The smallest absolute Gasteiger partial charge is 0.242 e. The van der Waals surface area contributed by atoms with Gasteiger partial charge in [0.1, 0.15) is 0 Å². The van der Waals surface area contributed by atoms with Crippen LogP contribution in [0.4, 0.5) is 5.69 Å². The molecule has 5 nitrogen and oxygen atoms in total. The van der Waals surface area contributed by atoms with Gasteiger partial charge in [-0.3, -0.25) is 4.79 Å². The van der Waals surface area contributed by atoms with Crippen LogP contribution in [0.2, 0.25) is 10.0 Å². The molecule has 1 saturated heterocycles. The fraction of sp³-hybridized carbons (Fsp3) is 0.458. The van der Waals surface area contributed by atoms with E-state index in [1.165, 1.54) is 12.8 Å². The number of likely N-dealkylation sites (tertiary alicyclic amines) is 1. The minimum atomic E-state index is -0.0215. The zero-order valence-electron chi connectivity index (χ0n) is 18.6. The Morgan fingerprint density at radius 3 is 2.44 bits per heavy atom. The quantitative estimate of drug-likeness (QED) is 0.397. The van der Waals surface area contributed by atoms with Gasteiger partial charge in [-0.25, -0.2) is 0 Å². The lowest BCUT2D eigenvalue weighted by Gasteiger charge is -2.34. The number of carbonyl (C=O) groups excluding carboxylic acids is 1. The van der Waals surface area contributed by atoms with Crippen molar-refractivity contribution in [1.29, 1.82) is 0 Å². The van der Waals surface area contributed by atoms with Crippen LogP contribution in [0.25, 0.3) is 0 Å². The minimum absolute atomic E-state index is 0.0215. The van der Waals surface area contributed by atoms with Crippen molar-refractivity contribution in [3.63, 3.8) is 0 Å². The van der Waals surface area contributed by atoms with E-state index < -0.39 is 0 Å². The van der Waals surface area contributed by atoms with Crippen LogP contribution in [0, 0.1) is 0 Å². The van der Waals surface area contributed by atoms with Gasteiger partial charge >= 0.3 is 0 Å². The molecule has 0 spiro atoms.